The van der Waals surface area contributed by atoms with Crippen LogP contribution in [0.15, 0.2) is 23.3 Å². The molecule has 0 aromatic carbocycles. The van der Waals surface area contributed by atoms with E-state index in [9.17, 15) is 19.5 Å². The van der Waals surface area contributed by atoms with E-state index < -0.39 is 11.5 Å². The maximum atomic E-state index is 12.9. The van der Waals surface area contributed by atoms with E-state index in [0.717, 1.165) is 11.1 Å². The number of aliphatic hydroxyl groups is 1. The van der Waals surface area contributed by atoms with Crippen LogP contribution in [0.3, 0.4) is 0 Å². The zero-order chi connectivity index (χ0) is 22.9. The van der Waals surface area contributed by atoms with E-state index in [1.165, 1.54) is 0 Å². The van der Waals surface area contributed by atoms with E-state index in [1.54, 1.807) is 6.08 Å². The fourth-order valence-corrected chi connectivity index (χ4v) is 4.98. The molecule has 0 unspecified atom stereocenters. The number of aliphatic hydroxyl groups excluding tert-OH is 1. The lowest BCUT2D eigenvalue weighted by atomic mass is 9.64. The molecule has 6 heteroatoms. The molecule has 1 fully saturated rings. The highest BCUT2D eigenvalue weighted by molar-refractivity contribution is 5.94. The lowest BCUT2D eigenvalue weighted by molar-refractivity contribution is -0.165. The van der Waals surface area contributed by atoms with Gasteiger partial charge in [-0.1, -0.05) is 25.5 Å². The van der Waals surface area contributed by atoms with Gasteiger partial charge in [0.25, 0.3) is 0 Å². The number of rotatable bonds is 6. The van der Waals surface area contributed by atoms with Crippen molar-refractivity contribution in [3.05, 3.63) is 23.3 Å². The molecule has 1 heterocycles. The number of allylic oxidation sites excluding steroid dienone is 2. The van der Waals surface area contributed by atoms with Crippen molar-refractivity contribution >= 4 is 17.7 Å². The van der Waals surface area contributed by atoms with E-state index in [1.807, 2.05) is 34.6 Å². The second-order valence-corrected chi connectivity index (χ2v) is 10.2. The molecule has 0 aromatic heterocycles. The zero-order valence-corrected chi connectivity index (χ0v) is 19.3. The summed E-state index contributed by atoms with van der Waals surface area (Å²) in [5.74, 6) is -0.773. The van der Waals surface area contributed by atoms with Crippen LogP contribution < -0.4 is 0 Å². The number of cyclic esters (lactones) is 1. The molecule has 0 aromatic rings. The second kappa shape index (κ2) is 9.27. The summed E-state index contributed by atoms with van der Waals surface area (Å²) in [7, 11) is 0. The predicted molar refractivity (Wildman–Crippen MR) is 116 cm³/mol. The number of ether oxygens (including phenoxy) is 2. The highest BCUT2D eigenvalue weighted by Gasteiger charge is 2.45. The minimum Gasteiger partial charge on any atom is -0.462 e. The van der Waals surface area contributed by atoms with Gasteiger partial charge in [0.1, 0.15) is 12.2 Å². The molecule has 6 nitrogen and oxygen atoms in total. The number of hydrogen-bond acceptors (Lipinski definition) is 6. The van der Waals surface area contributed by atoms with E-state index in [4.69, 9.17) is 9.47 Å². The summed E-state index contributed by atoms with van der Waals surface area (Å²) in [6, 6.07) is 0. The van der Waals surface area contributed by atoms with Gasteiger partial charge in [-0.3, -0.25) is 14.4 Å². The maximum Gasteiger partial charge on any atom is 0.311 e. The lowest BCUT2D eigenvalue weighted by Crippen LogP contribution is -2.44. The molecular weight excluding hydrogens is 396 g/mol. The molecule has 0 bridgehead atoms. The third-order valence-corrected chi connectivity index (χ3v) is 7.34. The van der Waals surface area contributed by atoms with Gasteiger partial charge in [-0.25, -0.2) is 0 Å². The van der Waals surface area contributed by atoms with Crippen LogP contribution in [0.2, 0.25) is 0 Å². The van der Waals surface area contributed by atoms with Gasteiger partial charge in [0, 0.05) is 24.7 Å². The molecule has 3 aliphatic rings. The van der Waals surface area contributed by atoms with E-state index in [0.29, 0.717) is 32.1 Å². The van der Waals surface area contributed by atoms with Crippen molar-refractivity contribution in [3.63, 3.8) is 0 Å². The Bertz CT molecular complexity index is 792. The molecular formula is C25H36O6. The van der Waals surface area contributed by atoms with Crippen LogP contribution >= 0.6 is 0 Å². The van der Waals surface area contributed by atoms with Crippen LogP contribution in [0.4, 0.5) is 0 Å². The number of fused-ring (bicyclic) bond motifs is 1. The normalized spacial score (nSPS) is 33.7. The van der Waals surface area contributed by atoms with Gasteiger partial charge in [0.2, 0.25) is 0 Å². The first-order valence-corrected chi connectivity index (χ1v) is 11.5. The summed E-state index contributed by atoms with van der Waals surface area (Å²) in [6.07, 6.45) is 5.51. The summed E-state index contributed by atoms with van der Waals surface area (Å²) in [4.78, 5) is 37.3. The van der Waals surface area contributed by atoms with Gasteiger partial charge in [0.05, 0.1) is 17.9 Å². The van der Waals surface area contributed by atoms with Crippen LogP contribution in [-0.4, -0.2) is 41.1 Å². The molecule has 0 amide bonds. The largest absolute Gasteiger partial charge is 0.462 e. The Balaban J connectivity index is 1.82. The van der Waals surface area contributed by atoms with Crippen LogP contribution in [0.5, 0.6) is 0 Å². The third kappa shape index (κ3) is 5.28. The second-order valence-electron chi connectivity index (χ2n) is 10.2. The zero-order valence-electron chi connectivity index (χ0n) is 19.3. The summed E-state index contributed by atoms with van der Waals surface area (Å²) in [5.41, 5.74) is 1.47. The Hall–Kier alpha value is -1.95. The van der Waals surface area contributed by atoms with Crippen LogP contribution in [0.25, 0.3) is 0 Å². The highest BCUT2D eigenvalue weighted by atomic mass is 16.6. The van der Waals surface area contributed by atoms with Crippen molar-refractivity contribution in [2.75, 3.05) is 0 Å². The third-order valence-electron chi connectivity index (χ3n) is 7.34. The fraction of sp³-hybridized carbons (Fsp3) is 0.720. The molecule has 31 heavy (non-hydrogen) atoms. The van der Waals surface area contributed by atoms with E-state index in [-0.39, 0.29) is 54.1 Å². The summed E-state index contributed by atoms with van der Waals surface area (Å²) >= 11 is 0. The molecule has 1 saturated heterocycles. The first-order valence-electron chi connectivity index (χ1n) is 11.5. The van der Waals surface area contributed by atoms with E-state index in [2.05, 4.69) is 6.08 Å². The van der Waals surface area contributed by atoms with Gasteiger partial charge < -0.3 is 14.6 Å². The summed E-state index contributed by atoms with van der Waals surface area (Å²) in [5, 5.41) is 9.91. The minimum atomic E-state index is -0.669. The fourth-order valence-electron chi connectivity index (χ4n) is 4.98. The maximum absolute atomic E-state index is 12.9. The van der Waals surface area contributed by atoms with Crippen molar-refractivity contribution in [3.8, 4) is 0 Å². The Kier molecular flexibility index (Phi) is 7.09. The topological polar surface area (TPSA) is 89.9 Å². The molecule has 0 saturated carbocycles. The van der Waals surface area contributed by atoms with Crippen molar-refractivity contribution in [1.82, 2.24) is 0 Å². The molecule has 2 aliphatic carbocycles. The Morgan fingerprint density at radius 3 is 2.58 bits per heavy atom. The monoisotopic (exact) mass is 432 g/mol. The van der Waals surface area contributed by atoms with Gasteiger partial charge in [-0.15, -0.1) is 0 Å². The highest BCUT2D eigenvalue weighted by Crippen LogP contribution is 2.45. The standard InChI is InChI=1S/C25H36O6/c1-6-25(4,5)24(29)31-21-10-14(2)9-16-11-20(27)15(3)19(23(16)21)8-7-18-12-17(26)13-22(28)30-18/h9,11,15,17-19,21,23,26H,6-8,10,12-13H2,1-5H3/t15-,17-,18-,19+,21+,23+/m1/s1. The first-order chi connectivity index (χ1) is 14.5. The van der Waals surface area contributed by atoms with Gasteiger partial charge >= 0.3 is 11.9 Å². The van der Waals surface area contributed by atoms with E-state index >= 15 is 0 Å². The number of carbonyl (C=O) groups is 3. The van der Waals surface area contributed by atoms with Crippen LogP contribution in [-0.2, 0) is 23.9 Å². The SMILES string of the molecule is CCC(C)(C)C(=O)O[C@H]1CC(C)=CC2=CC(=O)[C@H](C)[C@H](CC[C@@H]3C[C@@H](O)CC(=O)O3)[C@H]21. The van der Waals surface area contributed by atoms with Crippen molar-refractivity contribution in [1.29, 1.82) is 0 Å². The van der Waals surface area contributed by atoms with Gasteiger partial charge in [-0.2, -0.15) is 0 Å². The van der Waals surface area contributed by atoms with Crippen LogP contribution in [0.1, 0.15) is 73.1 Å². The van der Waals surface area contributed by atoms with Crippen molar-refractivity contribution in [2.45, 2.75) is 91.5 Å². The Labute approximate surface area is 185 Å². The number of carbonyl (C=O) groups excluding carboxylic acids is 3. The average Bonchev–Trinajstić information content (AvgIpc) is 2.67. The van der Waals surface area contributed by atoms with Crippen molar-refractivity contribution in [2.24, 2.45) is 23.2 Å². The van der Waals surface area contributed by atoms with Crippen LogP contribution in [0, 0.1) is 23.2 Å². The quantitative estimate of drug-likeness (QED) is 0.640. The summed E-state index contributed by atoms with van der Waals surface area (Å²) in [6.45, 7) is 9.70. The molecule has 0 spiro atoms. The lowest BCUT2D eigenvalue weighted by Gasteiger charge is -2.43. The molecule has 3 rings (SSSR count). The average molecular weight is 433 g/mol. The predicted octanol–water partition coefficient (Wildman–Crippen LogP) is 3.91. The number of esters is 2. The van der Waals surface area contributed by atoms with Gasteiger partial charge in [-0.05, 0) is 57.6 Å². The minimum absolute atomic E-state index is 0.0165. The molecule has 6 atom stereocenters. The molecule has 172 valence electrons. The summed E-state index contributed by atoms with van der Waals surface area (Å²) < 4.78 is 11.5. The smallest absolute Gasteiger partial charge is 0.311 e. The van der Waals surface area contributed by atoms with Gasteiger partial charge in [0.15, 0.2) is 5.78 Å². The Morgan fingerprint density at radius 1 is 1.23 bits per heavy atom. The molecule has 0 radical (unpaired) electrons. The van der Waals surface area contributed by atoms with Crippen molar-refractivity contribution < 1.29 is 29.0 Å². The Morgan fingerprint density at radius 2 is 1.94 bits per heavy atom. The number of hydrogen-bond donors (Lipinski definition) is 1. The number of ketones is 1. The molecule has 1 aliphatic heterocycles. The first kappa shape index (κ1) is 23.7. The molecule has 1 N–H and O–H groups in total.